The van der Waals surface area contributed by atoms with Gasteiger partial charge in [-0.25, -0.2) is 4.39 Å². The molecular formula is C16H22FNO4. The molecule has 0 aliphatic heterocycles. The zero-order valence-electron chi connectivity index (χ0n) is 12.6. The molecule has 0 spiro atoms. The van der Waals surface area contributed by atoms with Crippen LogP contribution in [0.1, 0.15) is 37.9 Å². The highest BCUT2D eigenvalue weighted by molar-refractivity contribution is 5.72. The SMILES string of the molecule is CC(=O)NCCC(O)C(O)c1cc(F)ccc1OCC1CC1. The summed E-state index contributed by atoms with van der Waals surface area (Å²) in [5.74, 6) is 0.210. The lowest BCUT2D eigenvalue weighted by atomic mass is 10.0. The lowest BCUT2D eigenvalue weighted by Crippen LogP contribution is -2.28. The van der Waals surface area contributed by atoms with E-state index >= 15 is 0 Å². The highest BCUT2D eigenvalue weighted by Gasteiger charge is 2.25. The molecule has 1 amide bonds. The molecule has 2 rings (SSSR count). The number of nitrogens with one attached hydrogen (secondary N) is 1. The summed E-state index contributed by atoms with van der Waals surface area (Å²) in [6, 6.07) is 3.91. The summed E-state index contributed by atoms with van der Waals surface area (Å²) < 4.78 is 19.1. The third-order valence-electron chi connectivity index (χ3n) is 3.64. The minimum Gasteiger partial charge on any atom is -0.493 e. The molecular weight excluding hydrogens is 289 g/mol. The minimum absolute atomic E-state index is 0.166. The van der Waals surface area contributed by atoms with E-state index in [4.69, 9.17) is 4.74 Å². The first-order valence-electron chi connectivity index (χ1n) is 7.50. The van der Waals surface area contributed by atoms with E-state index in [1.165, 1.54) is 25.1 Å². The summed E-state index contributed by atoms with van der Waals surface area (Å²) in [6.45, 7) is 2.15. The van der Waals surface area contributed by atoms with Gasteiger partial charge in [0.15, 0.2) is 0 Å². The molecule has 1 aliphatic rings. The fraction of sp³-hybridized carbons (Fsp3) is 0.562. The topological polar surface area (TPSA) is 78.8 Å². The quantitative estimate of drug-likeness (QED) is 0.680. The Balaban J connectivity index is 2.00. The van der Waals surface area contributed by atoms with Crippen molar-refractivity contribution in [2.75, 3.05) is 13.2 Å². The first-order valence-corrected chi connectivity index (χ1v) is 7.50. The Labute approximate surface area is 129 Å². The lowest BCUT2D eigenvalue weighted by Gasteiger charge is -2.21. The third kappa shape index (κ3) is 4.96. The van der Waals surface area contributed by atoms with E-state index in [-0.39, 0.29) is 24.4 Å². The van der Waals surface area contributed by atoms with Crippen molar-refractivity contribution < 1.29 is 24.1 Å². The maximum atomic E-state index is 13.4. The van der Waals surface area contributed by atoms with Crippen LogP contribution in [0.2, 0.25) is 0 Å². The van der Waals surface area contributed by atoms with Crippen molar-refractivity contribution in [1.29, 1.82) is 0 Å². The first kappa shape index (κ1) is 16.7. The number of aliphatic hydroxyl groups excluding tert-OH is 2. The Morgan fingerprint density at radius 1 is 1.45 bits per heavy atom. The van der Waals surface area contributed by atoms with Crippen molar-refractivity contribution in [3.05, 3.63) is 29.6 Å². The van der Waals surface area contributed by atoms with Gasteiger partial charge in [0.25, 0.3) is 0 Å². The number of aliphatic hydroxyl groups is 2. The number of rotatable bonds is 8. The van der Waals surface area contributed by atoms with Crippen molar-refractivity contribution >= 4 is 5.91 Å². The van der Waals surface area contributed by atoms with E-state index < -0.39 is 18.0 Å². The maximum Gasteiger partial charge on any atom is 0.216 e. The molecule has 122 valence electrons. The zero-order valence-corrected chi connectivity index (χ0v) is 12.6. The minimum atomic E-state index is -1.27. The molecule has 1 aliphatic carbocycles. The van der Waals surface area contributed by atoms with Crippen LogP contribution in [0.15, 0.2) is 18.2 Å². The van der Waals surface area contributed by atoms with Gasteiger partial charge in [-0.3, -0.25) is 4.79 Å². The molecule has 0 bridgehead atoms. The molecule has 6 heteroatoms. The van der Waals surface area contributed by atoms with Crippen molar-refractivity contribution in [2.24, 2.45) is 5.92 Å². The molecule has 0 radical (unpaired) electrons. The van der Waals surface area contributed by atoms with Crippen molar-refractivity contribution in [3.63, 3.8) is 0 Å². The average molecular weight is 311 g/mol. The number of carbonyl (C=O) groups is 1. The van der Waals surface area contributed by atoms with Gasteiger partial charge in [-0.1, -0.05) is 0 Å². The second kappa shape index (κ2) is 7.56. The number of halogens is 1. The highest BCUT2D eigenvalue weighted by atomic mass is 19.1. The van der Waals surface area contributed by atoms with E-state index in [1.807, 2.05) is 0 Å². The Hall–Kier alpha value is -1.66. The molecule has 1 aromatic carbocycles. The van der Waals surface area contributed by atoms with E-state index in [0.29, 0.717) is 18.3 Å². The van der Waals surface area contributed by atoms with Crippen LogP contribution in [0, 0.1) is 11.7 Å². The predicted molar refractivity (Wildman–Crippen MR) is 78.9 cm³/mol. The van der Waals surface area contributed by atoms with Crippen LogP contribution in [0.25, 0.3) is 0 Å². The van der Waals surface area contributed by atoms with Crippen molar-refractivity contribution in [1.82, 2.24) is 5.32 Å². The highest BCUT2D eigenvalue weighted by Crippen LogP contribution is 2.33. The van der Waals surface area contributed by atoms with Gasteiger partial charge < -0.3 is 20.3 Å². The van der Waals surface area contributed by atoms with E-state index in [2.05, 4.69) is 5.32 Å². The van der Waals surface area contributed by atoms with Gasteiger partial charge >= 0.3 is 0 Å². The average Bonchev–Trinajstić information content (AvgIpc) is 3.28. The van der Waals surface area contributed by atoms with Crippen molar-refractivity contribution in [2.45, 2.75) is 38.4 Å². The van der Waals surface area contributed by atoms with Gasteiger partial charge in [-0.05, 0) is 43.4 Å². The Kier molecular flexibility index (Phi) is 5.74. The monoisotopic (exact) mass is 311 g/mol. The third-order valence-corrected chi connectivity index (χ3v) is 3.64. The van der Waals surface area contributed by atoms with Gasteiger partial charge in [0.05, 0.1) is 12.7 Å². The standard InChI is InChI=1S/C16H22FNO4/c1-10(19)18-7-6-14(20)16(21)13-8-12(17)4-5-15(13)22-9-11-2-3-11/h4-5,8,11,14,16,20-21H,2-3,6-7,9H2,1H3,(H,18,19). The molecule has 1 aromatic rings. The zero-order chi connectivity index (χ0) is 16.1. The Morgan fingerprint density at radius 3 is 2.82 bits per heavy atom. The molecule has 1 fully saturated rings. The van der Waals surface area contributed by atoms with E-state index in [1.54, 1.807) is 0 Å². The van der Waals surface area contributed by atoms with Crippen molar-refractivity contribution in [3.8, 4) is 5.75 Å². The Morgan fingerprint density at radius 2 is 2.18 bits per heavy atom. The van der Waals surface area contributed by atoms with Crippen LogP contribution in [-0.4, -0.2) is 35.4 Å². The van der Waals surface area contributed by atoms with Crippen LogP contribution < -0.4 is 10.1 Å². The normalized spacial score (nSPS) is 16.9. The summed E-state index contributed by atoms with van der Waals surface area (Å²) in [5, 5.41) is 22.8. The molecule has 3 N–H and O–H groups in total. The number of carbonyl (C=O) groups excluding carboxylic acids is 1. The largest absolute Gasteiger partial charge is 0.493 e. The molecule has 0 aromatic heterocycles. The number of benzene rings is 1. The summed E-state index contributed by atoms with van der Waals surface area (Å²) in [7, 11) is 0. The van der Waals surface area contributed by atoms with Crippen LogP contribution in [0.4, 0.5) is 4.39 Å². The smallest absolute Gasteiger partial charge is 0.216 e. The summed E-state index contributed by atoms with van der Waals surface area (Å²) in [5.41, 5.74) is 0.232. The number of hydrogen-bond donors (Lipinski definition) is 3. The van der Waals surface area contributed by atoms with Gasteiger partial charge in [-0.15, -0.1) is 0 Å². The molecule has 0 heterocycles. The summed E-state index contributed by atoms with van der Waals surface area (Å²) in [6.07, 6.45) is 0.0338. The second-order valence-corrected chi connectivity index (χ2v) is 5.72. The number of amides is 1. The molecule has 2 atom stereocenters. The molecule has 2 unspecified atom stereocenters. The summed E-state index contributed by atoms with van der Waals surface area (Å²) >= 11 is 0. The Bertz CT molecular complexity index is 519. The predicted octanol–water partition coefficient (Wildman–Crippen LogP) is 1.53. The molecule has 22 heavy (non-hydrogen) atoms. The van der Waals surface area contributed by atoms with Crippen LogP contribution in [-0.2, 0) is 4.79 Å². The number of hydrogen-bond acceptors (Lipinski definition) is 4. The van der Waals surface area contributed by atoms with Gasteiger partial charge in [0.2, 0.25) is 5.91 Å². The van der Waals surface area contributed by atoms with Crippen LogP contribution >= 0.6 is 0 Å². The van der Waals surface area contributed by atoms with E-state index in [0.717, 1.165) is 12.8 Å². The van der Waals surface area contributed by atoms with Crippen LogP contribution in [0.3, 0.4) is 0 Å². The van der Waals surface area contributed by atoms with Gasteiger partial charge in [0, 0.05) is 19.0 Å². The molecule has 0 saturated heterocycles. The van der Waals surface area contributed by atoms with Gasteiger partial charge in [0.1, 0.15) is 17.7 Å². The molecule has 1 saturated carbocycles. The second-order valence-electron chi connectivity index (χ2n) is 5.72. The van der Waals surface area contributed by atoms with E-state index in [9.17, 15) is 19.4 Å². The lowest BCUT2D eigenvalue weighted by molar-refractivity contribution is -0.119. The fourth-order valence-corrected chi connectivity index (χ4v) is 2.14. The maximum absolute atomic E-state index is 13.4. The number of ether oxygens (including phenoxy) is 1. The fourth-order valence-electron chi connectivity index (χ4n) is 2.14. The van der Waals surface area contributed by atoms with Gasteiger partial charge in [-0.2, -0.15) is 0 Å². The summed E-state index contributed by atoms with van der Waals surface area (Å²) in [4.78, 5) is 10.8. The van der Waals surface area contributed by atoms with Crippen LogP contribution in [0.5, 0.6) is 5.75 Å². The first-order chi connectivity index (χ1) is 10.5. The molecule has 5 nitrogen and oxygen atoms in total.